The Bertz CT molecular complexity index is 421. The number of nitrogens with zero attached hydrogens (tertiary/aromatic N) is 1. The van der Waals surface area contributed by atoms with Crippen LogP contribution in [-0.4, -0.2) is 30.3 Å². The van der Waals surface area contributed by atoms with Crippen molar-refractivity contribution in [2.45, 2.75) is 59.2 Å². The van der Waals surface area contributed by atoms with Gasteiger partial charge in [-0.1, -0.05) is 6.07 Å². The molecule has 1 atom stereocenters. The Morgan fingerprint density at radius 2 is 1.95 bits per heavy atom. The number of hydrogen-bond acceptors (Lipinski definition) is 3. The molecule has 0 aliphatic rings. The maximum absolute atomic E-state index is 9.36. The molecule has 0 bridgehead atoms. The molecule has 2 N–H and O–H groups in total. The molecule has 0 saturated heterocycles. The SMILES string of the molecule is Cc1cc(N(C)CCC(C)O)ccc1CNC(C)(C)C. The highest BCUT2D eigenvalue weighted by Gasteiger charge is 2.10. The Hall–Kier alpha value is -1.06. The number of hydrogen-bond donors (Lipinski definition) is 2. The summed E-state index contributed by atoms with van der Waals surface area (Å²) in [7, 11) is 2.07. The summed E-state index contributed by atoms with van der Waals surface area (Å²) in [5.41, 5.74) is 4.00. The van der Waals surface area contributed by atoms with E-state index >= 15 is 0 Å². The van der Waals surface area contributed by atoms with Gasteiger partial charge in [0.05, 0.1) is 6.10 Å². The Morgan fingerprint density at radius 3 is 2.45 bits per heavy atom. The average Bonchev–Trinajstić information content (AvgIpc) is 2.33. The standard InChI is InChI=1S/C17H30N2O/c1-13-11-16(19(6)10-9-14(2)20)8-7-15(13)12-18-17(3,4)5/h7-8,11,14,18,20H,9-10,12H2,1-6H3. The lowest BCUT2D eigenvalue weighted by Crippen LogP contribution is -2.35. The molecule has 1 rings (SSSR count). The highest BCUT2D eigenvalue weighted by atomic mass is 16.3. The Morgan fingerprint density at radius 1 is 1.30 bits per heavy atom. The molecule has 114 valence electrons. The van der Waals surface area contributed by atoms with Gasteiger partial charge in [-0.3, -0.25) is 0 Å². The van der Waals surface area contributed by atoms with E-state index in [0.29, 0.717) is 0 Å². The zero-order valence-corrected chi connectivity index (χ0v) is 13.8. The van der Waals surface area contributed by atoms with E-state index < -0.39 is 0 Å². The molecule has 20 heavy (non-hydrogen) atoms. The zero-order chi connectivity index (χ0) is 15.3. The maximum atomic E-state index is 9.36. The van der Waals surface area contributed by atoms with E-state index in [-0.39, 0.29) is 11.6 Å². The van der Waals surface area contributed by atoms with Crippen LogP contribution in [0.25, 0.3) is 0 Å². The summed E-state index contributed by atoms with van der Waals surface area (Å²) in [6.45, 7) is 12.3. The number of aliphatic hydroxyl groups excluding tert-OH is 1. The first-order valence-electron chi connectivity index (χ1n) is 7.43. The van der Waals surface area contributed by atoms with E-state index in [4.69, 9.17) is 0 Å². The van der Waals surface area contributed by atoms with Crippen LogP contribution in [0.2, 0.25) is 0 Å². The second-order valence-corrected chi connectivity index (χ2v) is 6.77. The van der Waals surface area contributed by atoms with Crippen molar-refractivity contribution in [1.82, 2.24) is 5.32 Å². The summed E-state index contributed by atoms with van der Waals surface area (Å²) in [5.74, 6) is 0. The minimum absolute atomic E-state index is 0.138. The van der Waals surface area contributed by atoms with E-state index in [0.717, 1.165) is 19.5 Å². The Labute approximate surface area is 124 Å². The Balaban J connectivity index is 2.67. The van der Waals surface area contributed by atoms with Crippen LogP contribution in [0.5, 0.6) is 0 Å². The third-order valence-electron chi connectivity index (χ3n) is 3.46. The number of anilines is 1. The molecule has 1 aromatic rings. The van der Waals surface area contributed by atoms with E-state index in [9.17, 15) is 5.11 Å². The fourth-order valence-corrected chi connectivity index (χ4v) is 1.99. The largest absolute Gasteiger partial charge is 0.393 e. The van der Waals surface area contributed by atoms with Gasteiger partial charge in [-0.15, -0.1) is 0 Å². The van der Waals surface area contributed by atoms with Gasteiger partial charge in [-0.25, -0.2) is 0 Å². The molecule has 0 fully saturated rings. The van der Waals surface area contributed by atoms with E-state index in [1.54, 1.807) is 0 Å². The molecule has 0 radical (unpaired) electrons. The molecular formula is C17H30N2O. The first-order valence-corrected chi connectivity index (χ1v) is 7.43. The molecule has 3 nitrogen and oxygen atoms in total. The van der Waals surface area contributed by atoms with Crippen LogP contribution in [0.4, 0.5) is 5.69 Å². The van der Waals surface area contributed by atoms with Crippen molar-refractivity contribution in [3.63, 3.8) is 0 Å². The third-order valence-corrected chi connectivity index (χ3v) is 3.46. The van der Waals surface area contributed by atoms with Gasteiger partial charge in [0.15, 0.2) is 0 Å². The van der Waals surface area contributed by atoms with Gasteiger partial charge >= 0.3 is 0 Å². The highest BCUT2D eigenvalue weighted by molar-refractivity contribution is 5.50. The first-order chi connectivity index (χ1) is 9.19. The van der Waals surface area contributed by atoms with Gasteiger partial charge in [0.25, 0.3) is 0 Å². The van der Waals surface area contributed by atoms with E-state index in [2.05, 4.69) is 63.2 Å². The fraction of sp³-hybridized carbons (Fsp3) is 0.647. The zero-order valence-electron chi connectivity index (χ0n) is 13.8. The Kier molecular flexibility index (Phi) is 6.03. The minimum Gasteiger partial charge on any atom is -0.393 e. The van der Waals surface area contributed by atoms with Crippen LogP contribution < -0.4 is 10.2 Å². The summed E-state index contributed by atoms with van der Waals surface area (Å²) < 4.78 is 0. The van der Waals surface area contributed by atoms with Gasteiger partial charge < -0.3 is 15.3 Å². The lowest BCUT2D eigenvalue weighted by molar-refractivity contribution is 0.187. The van der Waals surface area contributed by atoms with Crippen molar-refractivity contribution >= 4 is 5.69 Å². The van der Waals surface area contributed by atoms with Crippen molar-refractivity contribution < 1.29 is 5.11 Å². The van der Waals surface area contributed by atoms with Gasteiger partial charge in [0.2, 0.25) is 0 Å². The third kappa shape index (κ3) is 5.93. The van der Waals surface area contributed by atoms with Crippen LogP contribution in [0.1, 0.15) is 45.2 Å². The highest BCUT2D eigenvalue weighted by Crippen LogP contribution is 2.19. The van der Waals surface area contributed by atoms with Gasteiger partial charge in [-0.05, 0) is 64.3 Å². The van der Waals surface area contributed by atoms with Crippen molar-refractivity contribution in [2.75, 3.05) is 18.5 Å². The predicted molar refractivity (Wildman–Crippen MR) is 87.3 cm³/mol. The molecule has 0 amide bonds. The number of aliphatic hydroxyl groups is 1. The molecule has 1 unspecified atom stereocenters. The molecule has 3 heteroatoms. The molecule has 0 saturated carbocycles. The summed E-state index contributed by atoms with van der Waals surface area (Å²) in [6.07, 6.45) is 0.553. The van der Waals surface area contributed by atoms with Gasteiger partial charge in [-0.2, -0.15) is 0 Å². The van der Waals surface area contributed by atoms with Crippen molar-refractivity contribution in [3.8, 4) is 0 Å². The minimum atomic E-state index is -0.242. The summed E-state index contributed by atoms with van der Waals surface area (Å²) >= 11 is 0. The average molecular weight is 278 g/mol. The molecule has 1 aromatic carbocycles. The van der Waals surface area contributed by atoms with Gasteiger partial charge in [0.1, 0.15) is 0 Å². The first kappa shape index (κ1) is 17.0. The van der Waals surface area contributed by atoms with Gasteiger partial charge in [0, 0.05) is 31.4 Å². The summed E-state index contributed by atoms with van der Waals surface area (Å²) in [6, 6.07) is 6.58. The molecule has 0 aliphatic heterocycles. The van der Waals surface area contributed by atoms with E-state index in [1.165, 1.54) is 16.8 Å². The monoisotopic (exact) mass is 278 g/mol. The molecule has 0 heterocycles. The second kappa shape index (κ2) is 7.09. The van der Waals surface area contributed by atoms with Crippen molar-refractivity contribution in [3.05, 3.63) is 29.3 Å². The lowest BCUT2D eigenvalue weighted by atomic mass is 10.0. The quantitative estimate of drug-likeness (QED) is 0.839. The van der Waals surface area contributed by atoms with Crippen LogP contribution in [0, 0.1) is 6.92 Å². The fourth-order valence-electron chi connectivity index (χ4n) is 1.99. The van der Waals surface area contributed by atoms with Crippen LogP contribution in [0.3, 0.4) is 0 Å². The maximum Gasteiger partial charge on any atom is 0.0528 e. The summed E-state index contributed by atoms with van der Waals surface area (Å²) in [4.78, 5) is 2.20. The molecule has 0 aliphatic carbocycles. The van der Waals surface area contributed by atoms with Crippen molar-refractivity contribution in [2.24, 2.45) is 0 Å². The molecule has 0 aromatic heterocycles. The predicted octanol–water partition coefficient (Wildman–Crippen LogP) is 3.09. The smallest absolute Gasteiger partial charge is 0.0528 e. The summed E-state index contributed by atoms with van der Waals surface area (Å²) in [5, 5.41) is 12.9. The molecular weight excluding hydrogens is 248 g/mol. The normalized spacial score (nSPS) is 13.3. The lowest BCUT2D eigenvalue weighted by Gasteiger charge is -2.23. The topological polar surface area (TPSA) is 35.5 Å². The van der Waals surface area contributed by atoms with Crippen LogP contribution >= 0.6 is 0 Å². The second-order valence-electron chi connectivity index (χ2n) is 6.77. The number of aryl methyl sites for hydroxylation is 1. The van der Waals surface area contributed by atoms with Crippen molar-refractivity contribution in [1.29, 1.82) is 0 Å². The van der Waals surface area contributed by atoms with E-state index in [1.807, 2.05) is 6.92 Å². The number of benzene rings is 1. The molecule has 0 spiro atoms. The number of nitrogens with one attached hydrogen (secondary N) is 1. The van der Waals surface area contributed by atoms with Crippen LogP contribution in [0.15, 0.2) is 18.2 Å². The van der Waals surface area contributed by atoms with Crippen LogP contribution in [-0.2, 0) is 6.54 Å². The number of rotatable bonds is 6.